The van der Waals surface area contributed by atoms with Crippen LogP contribution in [0.3, 0.4) is 0 Å². The number of nitrogens with zero attached hydrogens (tertiary/aromatic N) is 3. The number of aromatic amines is 1. The molecule has 25 heavy (non-hydrogen) atoms. The zero-order valence-electron chi connectivity index (χ0n) is 14.8. The molecular formula is C17H24N6O2. The van der Waals surface area contributed by atoms with Gasteiger partial charge in [-0.2, -0.15) is 0 Å². The first-order valence-corrected chi connectivity index (χ1v) is 8.31. The third-order valence-electron chi connectivity index (χ3n) is 4.38. The first-order valence-electron chi connectivity index (χ1n) is 8.31. The van der Waals surface area contributed by atoms with E-state index in [1.165, 1.54) is 0 Å². The predicted octanol–water partition coefficient (Wildman–Crippen LogP) is 0.712. The third-order valence-corrected chi connectivity index (χ3v) is 4.38. The standard InChI is InChI=1S/C17H24N6O2/c1-4-17(18,5-2)10-21-13(24)9-12-11(3)22-15(23-16(12)25)14-19-7-6-8-20-14/h6-8H,4-5,9-10,18H2,1-3H3,(H,21,24)(H,22,23,25). The van der Waals surface area contributed by atoms with Crippen LogP contribution in [0.4, 0.5) is 0 Å². The van der Waals surface area contributed by atoms with Crippen LogP contribution in [0, 0.1) is 6.92 Å². The van der Waals surface area contributed by atoms with E-state index in [2.05, 4.69) is 25.3 Å². The van der Waals surface area contributed by atoms with Crippen molar-refractivity contribution in [1.29, 1.82) is 0 Å². The molecule has 0 bridgehead atoms. The number of amides is 1. The van der Waals surface area contributed by atoms with Crippen molar-refractivity contribution in [2.45, 2.75) is 45.6 Å². The highest BCUT2D eigenvalue weighted by atomic mass is 16.2. The lowest BCUT2D eigenvalue weighted by atomic mass is 9.94. The molecule has 8 nitrogen and oxygen atoms in total. The molecule has 2 rings (SSSR count). The highest BCUT2D eigenvalue weighted by Crippen LogP contribution is 2.10. The molecule has 0 aliphatic heterocycles. The fraction of sp³-hybridized carbons (Fsp3) is 0.471. The Bertz CT molecular complexity index is 783. The molecule has 0 saturated heterocycles. The second kappa shape index (κ2) is 7.98. The van der Waals surface area contributed by atoms with Crippen molar-refractivity contribution >= 4 is 5.91 Å². The summed E-state index contributed by atoms with van der Waals surface area (Å²) in [5, 5.41) is 2.81. The molecule has 4 N–H and O–H groups in total. The first kappa shape index (κ1) is 18.7. The van der Waals surface area contributed by atoms with Gasteiger partial charge in [0.1, 0.15) is 0 Å². The first-order chi connectivity index (χ1) is 11.9. The van der Waals surface area contributed by atoms with E-state index in [9.17, 15) is 9.59 Å². The van der Waals surface area contributed by atoms with Crippen LogP contribution in [0.15, 0.2) is 23.3 Å². The van der Waals surface area contributed by atoms with E-state index in [0.29, 0.717) is 23.6 Å². The van der Waals surface area contributed by atoms with Crippen LogP contribution in [-0.2, 0) is 11.2 Å². The fourth-order valence-corrected chi connectivity index (χ4v) is 2.34. The van der Waals surface area contributed by atoms with Gasteiger partial charge in [0.2, 0.25) is 5.91 Å². The number of H-pyrrole nitrogens is 1. The van der Waals surface area contributed by atoms with E-state index in [4.69, 9.17) is 5.73 Å². The average molecular weight is 344 g/mol. The normalized spacial score (nSPS) is 11.4. The number of rotatable bonds is 7. The molecule has 0 aliphatic rings. The van der Waals surface area contributed by atoms with Gasteiger partial charge < -0.3 is 16.0 Å². The van der Waals surface area contributed by atoms with Gasteiger partial charge in [0.25, 0.3) is 5.56 Å². The Labute approximate surface area is 146 Å². The Balaban J connectivity index is 2.13. The lowest BCUT2D eigenvalue weighted by Gasteiger charge is -2.26. The van der Waals surface area contributed by atoms with Gasteiger partial charge in [-0.25, -0.2) is 15.0 Å². The lowest BCUT2D eigenvalue weighted by Crippen LogP contribution is -2.49. The van der Waals surface area contributed by atoms with Crippen LogP contribution < -0.4 is 16.6 Å². The minimum atomic E-state index is -0.427. The predicted molar refractivity (Wildman–Crippen MR) is 94.8 cm³/mol. The topological polar surface area (TPSA) is 127 Å². The van der Waals surface area contributed by atoms with Crippen LogP contribution in [-0.4, -0.2) is 37.9 Å². The zero-order chi connectivity index (χ0) is 18.4. The molecular weight excluding hydrogens is 320 g/mol. The minimum Gasteiger partial charge on any atom is -0.354 e. The molecule has 0 fully saturated rings. The van der Waals surface area contributed by atoms with E-state index >= 15 is 0 Å². The van der Waals surface area contributed by atoms with Crippen molar-refractivity contribution in [2.75, 3.05) is 6.54 Å². The van der Waals surface area contributed by atoms with Gasteiger partial charge in [0, 0.05) is 35.7 Å². The number of hydrogen-bond acceptors (Lipinski definition) is 6. The smallest absolute Gasteiger partial charge is 0.255 e. The van der Waals surface area contributed by atoms with Crippen molar-refractivity contribution in [1.82, 2.24) is 25.3 Å². The Hall–Kier alpha value is -2.61. The highest BCUT2D eigenvalue weighted by molar-refractivity contribution is 5.78. The Morgan fingerprint density at radius 1 is 1.28 bits per heavy atom. The number of hydrogen-bond donors (Lipinski definition) is 3. The summed E-state index contributed by atoms with van der Waals surface area (Å²) in [4.78, 5) is 39.6. The molecule has 0 atom stereocenters. The third kappa shape index (κ3) is 4.69. The number of nitrogens with two attached hydrogens (primary N) is 1. The average Bonchev–Trinajstić information content (AvgIpc) is 2.63. The molecule has 0 saturated carbocycles. The maximum absolute atomic E-state index is 12.3. The van der Waals surface area contributed by atoms with Crippen molar-refractivity contribution in [3.05, 3.63) is 40.1 Å². The SMILES string of the molecule is CCC(N)(CC)CNC(=O)Cc1c(C)nc(-c2ncccn2)[nH]c1=O. The Morgan fingerprint density at radius 3 is 2.48 bits per heavy atom. The quantitative estimate of drug-likeness (QED) is 0.679. The number of carbonyl (C=O) groups excluding carboxylic acids is 1. The molecule has 2 heterocycles. The van der Waals surface area contributed by atoms with E-state index < -0.39 is 5.54 Å². The summed E-state index contributed by atoms with van der Waals surface area (Å²) in [5.74, 6) is 0.360. The van der Waals surface area contributed by atoms with Crippen molar-refractivity contribution in [2.24, 2.45) is 5.73 Å². The maximum Gasteiger partial charge on any atom is 0.255 e. The van der Waals surface area contributed by atoms with Crippen LogP contribution in [0.1, 0.15) is 37.9 Å². The highest BCUT2D eigenvalue weighted by Gasteiger charge is 2.21. The summed E-state index contributed by atoms with van der Waals surface area (Å²) in [6.07, 6.45) is 4.61. The minimum absolute atomic E-state index is 0.0480. The summed E-state index contributed by atoms with van der Waals surface area (Å²) in [6.45, 7) is 6.03. The van der Waals surface area contributed by atoms with Gasteiger partial charge in [0.05, 0.1) is 6.42 Å². The second-order valence-electron chi connectivity index (χ2n) is 6.07. The summed E-state index contributed by atoms with van der Waals surface area (Å²) >= 11 is 0. The van der Waals surface area contributed by atoms with Crippen LogP contribution in [0.5, 0.6) is 0 Å². The van der Waals surface area contributed by atoms with Gasteiger partial charge >= 0.3 is 0 Å². The van der Waals surface area contributed by atoms with Crippen molar-refractivity contribution < 1.29 is 4.79 Å². The van der Waals surface area contributed by atoms with E-state index in [-0.39, 0.29) is 23.7 Å². The number of aryl methyl sites for hydroxylation is 1. The molecule has 2 aromatic rings. The molecule has 0 spiro atoms. The zero-order valence-corrected chi connectivity index (χ0v) is 14.8. The number of nitrogens with one attached hydrogen (secondary N) is 2. The van der Waals surface area contributed by atoms with E-state index in [1.54, 1.807) is 25.4 Å². The van der Waals surface area contributed by atoms with Crippen LogP contribution >= 0.6 is 0 Å². The fourth-order valence-electron chi connectivity index (χ4n) is 2.34. The van der Waals surface area contributed by atoms with E-state index in [1.807, 2.05) is 13.8 Å². The van der Waals surface area contributed by atoms with Crippen molar-refractivity contribution in [3.63, 3.8) is 0 Å². The second-order valence-corrected chi connectivity index (χ2v) is 6.07. The van der Waals surface area contributed by atoms with E-state index in [0.717, 1.165) is 12.8 Å². The van der Waals surface area contributed by atoms with Crippen LogP contribution in [0.2, 0.25) is 0 Å². The monoisotopic (exact) mass is 344 g/mol. The maximum atomic E-state index is 12.3. The summed E-state index contributed by atoms with van der Waals surface area (Å²) in [7, 11) is 0. The summed E-state index contributed by atoms with van der Waals surface area (Å²) in [5.41, 5.74) is 6.19. The molecule has 2 aromatic heterocycles. The van der Waals surface area contributed by atoms with Gasteiger partial charge in [-0.1, -0.05) is 13.8 Å². The summed E-state index contributed by atoms with van der Waals surface area (Å²) < 4.78 is 0. The number of aromatic nitrogens is 4. The molecule has 8 heteroatoms. The molecule has 0 aliphatic carbocycles. The number of carbonyl (C=O) groups is 1. The van der Waals surface area contributed by atoms with Gasteiger partial charge in [-0.3, -0.25) is 9.59 Å². The van der Waals surface area contributed by atoms with Crippen molar-refractivity contribution in [3.8, 4) is 11.6 Å². The van der Waals surface area contributed by atoms with Gasteiger partial charge in [-0.15, -0.1) is 0 Å². The molecule has 134 valence electrons. The van der Waals surface area contributed by atoms with Gasteiger partial charge in [0.15, 0.2) is 11.6 Å². The lowest BCUT2D eigenvalue weighted by molar-refractivity contribution is -0.120. The Kier molecular flexibility index (Phi) is 5.97. The molecule has 0 aromatic carbocycles. The molecule has 0 radical (unpaired) electrons. The van der Waals surface area contributed by atoms with Gasteiger partial charge in [-0.05, 0) is 25.8 Å². The molecule has 0 unspecified atom stereocenters. The molecule has 1 amide bonds. The van der Waals surface area contributed by atoms with Crippen LogP contribution in [0.25, 0.3) is 11.6 Å². The summed E-state index contributed by atoms with van der Waals surface area (Å²) in [6, 6.07) is 1.68. The largest absolute Gasteiger partial charge is 0.354 e. The Morgan fingerprint density at radius 2 is 1.92 bits per heavy atom.